The van der Waals surface area contributed by atoms with Crippen LogP contribution in [0.4, 0.5) is 39.5 Å². The van der Waals surface area contributed by atoms with Crippen LogP contribution in [-0.2, 0) is 20.7 Å². The first-order chi connectivity index (χ1) is 23.0. The van der Waals surface area contributed by atoms with E-state index in [-0.39, 0.29) is 28.0 Å². The summed E-state index contributed by atoms with van der Waals surface area (Å²) in [5, 5.41) is 0.111. The van der Waals surface area contributed by atoms with E-state index in [1.807, 2.05) is 13.1 Å². The van der Waals surface area contributed by atoms with Gasteiger partial charge >= 0.3 is 24.1 Å². The molecule has 4 rings (SSSR count). The Hall–Kier alpha value is -1.71. The molecule has 0 radical (unpaired) electrons. The fourth-order valence-electron chi connectivity index (χ4n) is 8.44. The highest BCUT2D eigenvalue weighted by atomic mass is 32.2. The van der Waals surface area contributed by atoms with Crippen LogP contribution >= 0.6 is 11.8 Å². The SMILES string of the molecule is CC(=O)SC(C)(C)CCN(C)CCOc1ccc2c(c1)CC[C@@H]1[C@@H]2CC[C@]2(C)[C@@H](OCCCOC(C(F)(F)F)(C(F)(F)F)C(F)(F)F)CC[C@@H]12. The summed E-state index contributed by atoms with van der Waals surface area (Å²) in [6.07, 6.45) is -15.2. The number of benzene rings is 1. The molecule has 1 aromatic carbocycles. The number of halogens is 9. The predicted octanol–water partition coefficient (Wildman–Crippen LogP) is 9.52. The van der Waals surface area contributed by atoms with Crippen LogP contribution in [-0.4, -0.2) is 85.0 Å². The van der Waals surface area contributed by atoms with Crippen LogP contribution in [0.3, 0.4) is 0 Å². The maximum atomic E-state index is 13.2. The summed E-state index contributed by atoms with van der Waals surface area (Å²) in [6.45, 7) is 8.21. The number of nitrogens with zero attached hydrogens (tertiary/aromatic N) is 1. The summed E-state index contributed by atoms with van der Waals surface area (Å²) in [7, 11) is 2.03. The number of thioether (sulfide) groups is 1. The van der Waals surface area contributed by atoms with Gasteiger partial charge in [-0.15, -0.1) is 0 Å². The van der Waals surface area contributed by atoms with Crippen molar-refractivity contribution in [1.29, 1.82) is 0 Å². The lowest BCUT2D eigenvalue weighted by atomic mass is 9.55. The lowest BCUT2D eigenvalue weighted by Crippen LogP contribution is -2.67. The lowest BCUT2D eigenvalue weighted by Gasteiger charge is -2.50. The minimum atomic E-state index is -6.74. The summed E-state index contributed by atoms with van der Waals surface area (Å²) in [4.78, 5) is 13.7. The van der Waals surface area contributed by atoms with Crippen molar-refractivity contribution in [2.45, 2.75) is 120 Å². The third-order valence-electron chi connectivity index (χ3n) is 11.0. The van der Waals surface area contributed by atoms with Crippen LogP contribution in [0.5, 0.6) is 5.75 Å². The summed E-state index contributed by atoms with van der Waals surface area (Å²) < 4.78 is 134. The normalized spacial score (nSPS) is 26.1. The van der Waals surface area contributed by atoms with E-state index in [1.165, 1.54) is 22.9 Å². The zero-order valence-corrected chi connectivity index (χ0v) is 29.9. The average molecular weight is 750 g/mol. The van der Waals surface area contributed by atoms with Crippen LogP contribution in [0, 0.1) is 17.3 Å². The molecule has 3 aliphatic rings. The van der Waals surface area contributed by atoms with E-state index in [9.17, 15) is 44.3 Å². The summed E-state index contributed by atoms with van der Waals surface area (Å²) in [5.41, 5.74) is -3.95. The van der Waals surface area contributed by atoms with Gasteiger partial charge < -0.3 is 19.1 Å². The number of aryl methyl sites for hydroxylation is 1. The standard InChI is InChI=1S/C35H48F9NO4S/c1-22(46)50-30(2,3)15-16-45(5)17-20-47-24-8-10-25-23(21-24)7-9-27-26(25)13-14-31(4)28(27)11-12-29(31)48-18-6-19-49-32(33(36,37)38,34(39,40)41)35(42,43)44/h8,10,21,26-29H,6-7,9,11-20H2,1-5H3/t26-,27-,28+,29+,31+/m1/s1. The second-order valence-electron chi connectivity index (χ2n) is 14.9. The van der Waals surface area contributed by atoms with E-state index >= 15 is 0 Å². The van der Waals surface area contributed by atoms with E-state index < -0.39 is 37.2 Å². The topological polar surface area (TPSA) is 48.0 Å². The van der Waals surface area contributed by atoms with Crippen molar-refractivity contribution in [3.8, 4) is 5.75 Å². The molecule has 0 aromatic heterocycles. The molecule has 2 saturated carbocycles. The van der Waals surface area contributed by atoms with Crippen molar-refractivity contribution in [3.05, 3.63) is 29.3 Å². The second kappa shape index (κ2) is 15.3. The third-order valence-corrected chi connectivity index (χ3v) is 12.0. The summed E-state index contributed by atoms with van der Waals surface area (Å²) in [6, 6.07) is 6.29. The highest BCUT2D eigenvalue weighted by Crippen LogP contribution is 2.62. The Kier molecular flexibility index (Phi) is 12.6. The fourth-order valence-corrected chi connectivity index (χ4v) is 9.41. The van der Waals surface area contributed by atoms with Gasteiger partial charge in [-0.25, -0.2) is 0 Å². The largest absolute Gasteiger partial charge is 0.492 e. The van der Waals surface area contributed by atoms with Crippen molar-refractivity contribution in [1.82, 2.24) is 4.90 Å². The second-order valence-corrected chi connectivity index (χ2v) is 16.8. The van der Waals surface area contributed by atoms with Gasteiger partial charge in [0.2, 0.25) is 0 Å². The molecule has 3 aliphatic carbocycles. The Morgan fingerprint density at radius 3 is 2.20 bits per heavy atom. The quantitative estimate of drug-likeness (QED) is 0.140. The van der Waals surface area contributed by atoms with Crippen molar-refractivity contribution < 1.29 is 58.5 Å². The van der Waals surface area contributed by atoms with Gasteiger partial charge in [-0.05, 0) is 111 Å². The molecule has 0 amide bonds. The molecule has 0 unspecified atom stereocenters. The maximum absolute atomic E-state index is 13.2. The molecule has 0 N–H and O–H groups in total. The van der Waals surface area contributed by atoms with E-state index in [1.54, 1.807) is 6.92 Å². The number of fused-ring (bicyclic) bond motifs is 5. The smallest absolute Gasteiger partial charge is 0.435 e. The monoisotopic (exact) mass is 749 g/mol. The van der Waals surface area contributed by atoms with Gasteiger partial charge in [0.25, 0.3) is 0 Å². The van der Waals surface area contributed by atoms with Crippen LogP contribution in [0.1, 0.15) is 89.7 Å². The predicted molar refractivity (Wildman–Crippen MR) is 172 cm³/mol. The molecule has 0 spiro atoms. The van der Waals surface area contributed by atoms with Crippen LogP contribution in [0.15, 0.2) is 18.2 Å². The third kappa shape index (κ3) is 8.73. The van der Waals surface area contributed by atoms with E-state index in [4.69, 9.17) is 9.47 Å². The lowest BCUT2D eigenvalue weighted by molar-refractivity contribution is -0.457. The van der Waals surface area contributed by atoms with Gasteiger partial charge in [-0.2, -0.15) is 39.5 Å². The zero-order valence-electron chi connectivity index (χ0n) is 29.1. The molecule has 1 aromatic rings. The highest BCUT2D eigenvalue weighted by Gasteiger charge is 2.85. The van der Waals surface area contributed by atoms with Gasteiger partial charge in [0.05, 0.1) is 12.7 Å². The Bertz CT molecular complexity index is 1280. The number of hydrogen-bond acceptors (Lipinski definition) is 6. The minimum absolute atomic E-state index is 0.111. The van der Waals surface area contributed by atoms with Crippen LogP contribution in [0.2, 0.25) is 0 Å². The van der Waals surface area contributed by atoms with Gasteiger partial charge in [-0.1, -0.05) is 38.6 Å². The molecule has 286 valence electrons. The molecule has 50 heavy (non-hydrogen) atoms. The van der Waals surface area contributed by atoms with E-state index in [0.717, 1.165) is 57.4 Å². The fraction of sp³-hybridized carbons (Fsp3) is 0.800. The first kappa shape index (κ1) is 41.1. The maximum Gasteiger partial charge on any atom is 0.435 e. The highest BCUT2D eigenvalue weighted by molar-refractivity contribution is 8.14. The Balaban J connectivity index is 1.28. The Morgan fingerprint density at radius 1 is 0.920 bits per heavy atom. The van der Waals surface area contributed by atoms with E-state index in [2.05, 4.69) is 42.5 Å². The van der Waals surface area contributed by atoms with Gasteiger partial charge in [0.15, 0.2) is 5.12 Å². The molecule has 2 fully saturated rings. The first-order valence-electron chi connectivity index (χ1n) is 17.1. The molecule has 0 heterocycles. The number of alkyl halides is 9. The summed E-state index contributed by atoms with van der Waals surface area (Å²) >= 11 is 1.36. The molecular formula is C35H48F9NO4S. The molecule has 15 heteroatoms. The molecule has 5 atom stereocenters. The van der Waals surface area contributed by atoms with Crippen molar-refractivity contribution in [2.75, 3.05) is 40.0 Å². The van der Waals surface area contributed by atoms with Crippen molar-refractivity contribution >= 4 is 16.9 Å². The summed E-state index contributed by atoms with van der Waals surface area (Å²) in [5.74, 6) is 1.85. The molecule has 0 bridgehead atoms. The average Bonchev–Trinajstić information content (AvgIpc) is 3.31. The van der Waals surface area contributed by atoms with Gasteiger partial charge in [0.1, 0.15) is 12.4 Å². The molecule has 0 aliphatic heterocycles. The Labute approximate surface area is 292 Å². The van der Waals surface area contributed by atoms with E-state index in [0.29, 0.717) is 30.8 Å². The molecule has 0 saturated heterocycles. The van der Waals surface area contributed by atoms with Crippen molar-refractivity contribution in [2.24, 2.45) is 17.3 Å². The molecular weight excluding hydrogens is 701 g/mol. The number of carbonyl (C=O) groups excluding carboxylic acids is 1. The van der Waals surface area contributed by atoms with Gasteiger partial charge in [0, 0.05) is 24.8 Å². The van der Waals surface area contributed by atoms with Crippen LogP contribution in [0.25, 0.3) is 0 Å². The number of likely N-dealkylation sites (N-methyl/N-ethyl adjacent to an activating group) is 1. The number of rotatable bonds is 14. The first-order valence-corrected chi connectivity index (χ1v) is 17.9. The zero-order chi connectivity index (χ0) is 37.3. The molecule has 5 nitrogen and oxygen atoms in total. The number of hydrogen-bond donors (Lipinski definition) is 0. The number of ether oxygens (including phenoxy) is 3. The minimum Gasteiger partial charge on any atom is -0.492 e. The van der Waals surface area contributed by atoms with Gasteiger partial charge in [-0.3, -0.25) is 4.79 Å². The van der Waals surface area contributed by atoms with Crippen molar-refractivity contribution in [3.63, 3.8) is 0 Å². The Morgan fingerprint density at radius 2 is 1.58 bits per heavy atom. The number of carbonyl (C=O) groups is 1. The van der Waals surface area contributed by atoms with Crippen LogP contribution < -0.4 is 4.74 Å².